The average molecular weight is 508 g/mol. The maximum atomic E-state index is 12.9. The predicted octanol–water partition coefficient (Wildman–Crippen LogP) is 5.54. The fraction of sp³-hybridized carbons (Fsp3) is 0.0769. The molecule has 0 aliphatic carbocycles. The van der Waals surface area contributed by atoms with Crippen LogP contribution in [0.25, 0.3) is 0 Å². The van der Waals surface area contributed by atoms with Crippen molar-refractivity contribution in [3.05, 3.63) is 99.2 Å². The number of nitrogens with zero attached hydrogens (tertiary/aromatic N) is 1. The summed E-state index contributed by atoms with van der Waals surface area (Å²) in [5.41, 5.74) is 2.98. The molecule has 0 fully saturated rings. The first-order valence-electron chi connectivity index (χ1n) is 10.5. The van der Waals surface area contributed by atoms with E-state index in [4.69, 9.17) is 23.2 Å². The molecule has 176 valence electrons. The van der Waals surface area contributed by atoms with E-state index in [9.17, 15) is 19.2 Å². The number of aryl methyl sites for hydroxylation is 1. The predicted molar refractivity (Wildman–Crippen MR) is 136 cm³/mol. The van der Waals surface area contributed by atoms with Crippen molar-refractivity contribution in [2.45, 2.75) is 13.8 Å². The summed E-state index contributed by atoms with van der Waals surface area (Å²) in [5.74, 6) is -1.69. The van der Waals surface area contributed by atoms with Gasteiger partial charge in [0.25, 0.3) is 17.7 Å². The van der Waals surface area contributed by atoms with Crippen LogP contribution in [0.5, 0.6) is 0 Å². The molecule has 3 aromatic rings. The summed E-state index contributed by atoms with van der Waals surface area (Å²) in [7, 11) is 0. The van der Waals surface area contributed by atoms with Gasteiger partial charge in [0, 0.05) is 27.5 Å². The van der Waals surface area contributed by atoms with E-state index in [0.717, 1.165) is 10.5 Å². The van der Waals surface area contributed by atoms with Gasteiger partial charge in [0.05, 0.1) is 5.69 Å². The van der Waals surface area contributed by atoms with Crippen molar-refractivity contribution in [3.63, 3.8) is 0 Å². The van der Waals surface area contributed by atoms with E-state index in [-0.39, 0.29) is 22.4 Å². The molecule has 0 spiro atoms. The lowest BCUT2D eigenvalue weighted by molar-refractivity contribution is -0.120. The summed E-state index contributed by atoms with van der Waals surface area (Å²) in [6.07, 6.45) is 0. The van der Waals surface area contributed by atoms with Crippen LogP contribution < -0.4 is 15.5 Å². The maximum Gasteiger partial charge on any atom is 0.283 e. The number of hydrogen-bond acceptors (Lipinski definition) is 5. The molecule has 1 aliphatic heterocycles. The maximum absolute atomic E-state index is 12.9. The van der Waals surface area contributed by atoms with E-state index >= 15 is 0 Å². The van der Waals surface area contributed by atoms with Crippen LogP contribution in [0, 0.1) is 6.92 Å². The summed E-state index contributed by atoms with van der Waals surface area (Å²) in [6, 6.07) is 17.7. The van der Waals surface area contributed by atoms with Crippen molar-refractivity contribution >= 4 is 63.8 Å². The summed E-state index contributed by atoms with van der Waals surface area (Å²) in [4.78, 5) is 50.5. The van der Waals surface area contributed by atoms with E-state index in [1.165, 1.54) is 13.0 Å². The summed E-state index contributed by atoms with van der Waals surface area (Å²) in [5, 5.41) is 5.79. The number of halogens is 2. The Balaban J connectivity index is 1.46. The van der Waals surface area contributed by atoms with Gasteiger partial charge in [-0.15, -0.1) is 0 Å². The van der Waals surface area contributed by atoms with Crippen molar-refractivity contribution in [2.75, 3.05) is 15.5 Å². The molecule has 7 nitrogen and oxygen atoms in total. The lowest BCUT2D eigenvalue weighted by Crippen LogP contribution is -2.32. The van der Waals surface area contributed by atoms with Gasteiger partial charge >= 0.3 is 0 Å². The number of nitrogens with one attached hydrogen (secondary N) is 2. The first-order chi connectivity index (χ1) is 16.7. The molecule has 4 rings (SSSR count). The number of anilines is 3. The van der Waals surface area contributed by atoms with Crippen molar-refractivity contribution in [2.24, 2.45) is 0 Å². The zero-order valence-corrected chi connectivity index (χ0v) is 20.2. The van der Waals surface area contributed by atoms with Gasteiger partial charge in [0.2, 0.25) is 0 Å². The Morgan fingerprint density at radius 1 is 0.800 bits per heavy atom. The number of carbonyl (C=O) groups is 4. The van der Waals surface area contributed by atoms with E-state index < -0.39 is 11.8 Å². The summed E-state index contributed by atoms with van der Waals surface area (Å²) >= 11 is 12.3. The van der Waals surface area contributed by atoms with Gasteiger partial charge in [-0.2, -0.15) is 0 Å². The highest BCUT2D eigenvalue weighted by atomic mass is 35.5. The zero-order chi connectivity index (χ0) is 25.3. The second-order valence-electron chi connectivity index (χ2n) is 7.86. The van der Waals surface area contributed by atoms with Gasteiger partial charge in [-0.05, 0) is 80.1 Å². The minimum atomic E-state index is -0.661. The number of carbonyl (C=O) groups excluding carboxylic acids is 4. The molecule has 0 saturated heterocycles. The third kappa shape index (κ3) is 4.96. The Morgan fingerprint density at radius 3 is 2.00 bits per heavy atom. The van der Waals surface area contributed by atoms with E-state index in [1.807, 2.05) is 6.92 Å². The number of amides is 3. The quantitative estimate of drug-likeness (QED) is 0.337. The van der Waals surface area contributed by atoms with E-state index in [0.29, 0.717) is 33.2 Å². The Bertz CT molecular complexity index is 1400. The Kier molecular flexibility index (Phi) is 6.73. The third-order valence-electron chi connectivity index (χ3n) is 5.41. The molecule has 0 aromatic heterocycles. The van der Waals surface area contributed by atoms with E-state index in [2.05, 4.69) is 10.6 Å². The van der Waals surface area contributed by atoms with Crippen LogP contribution in [-0.2, 0) is 9.59 Å². The molecule has 0 unspecified atom stereocenters. The number of benzene rings is 3. The van der Waals surface area contributed by atoms with Gasteiger partial charge in [0.1, 0.15) is 10.7 Å². The van der Waals surface area contributed by atoms with Crippen molar-refractivity contribution < 1.29 is 19.2 Å². The Morgan fingerprint density at radius 2 is 1.40 bits per heavy atom. The molecule has 3 amide bonds. The first kappa shape index (κ1) is 24.2. The van der Waals surface area contributed by atoms with Gasteiger partial charge in [0.15, 0.2) is 5.78 Å². The molecule has 0 saturated carbocycles. The first-order valence-corrected chi connectivity index (χ1v) is 11.3. The molecule has 3 aromatic carbocycles. The summed E-state index contributed by atoms with van der Waals surface area (Å²) < 4.78 is 0. The number of ketones is 1. The fourth-order valence-corrected chi connectivity index (χ4v) is 3.79. The molecule has 35 heavy (non-hydrogen) atoms. The fourth-order valence-electron chi connectivity index (χ4n) is 3.41. The largest absolute Gasteiger partial charge is 0.350 e. The Hall–Kier alpha value is -3.94. The monoisotopic (exact) mass is 507 g/mol. The molecule has 2 N–H and O–H groups in total. The van der Waals surface area contributed by atoms with Gasteiger partial charge in [-0.1, -0.05) is 29.3 Å². The summed E-state index contributed by atoms with van der Waals surface area (Å²) in [6.45, 7) is 3.28. The molecule has 0 radical (unpaired) electrons. The molecule has 0 atom stereocenters. The molecular formula is C26H19Cl2N3O4. The zero-order valence-electron chi connectivity index (χ0n) is 18.7. The van der Waals surface area contributed by atoms with Crippen molar-refractivity contribution in [1.82, 2.24) is 0 Å². The highest BCUT2D eigenvalue weighted by Gasteiger charge is 2.39. The third-order valence-corrected chi connectivity index (χ3v) is 6.16. The highest BCUT2D eigenvalue weighted by Crippen LogP contribution is 2.32. The van der Waals surface area contributed by atoms with Gasteiger partial charge in [-0.3, -0.25) is 19.2 Å². The second kappa shape index (κ2) is 9.74. The minimum Gasteiger partial charge on any atom is -0.350 e. The lowest BCUT2D eigenvalue weighted by Gasteiger charge is -2.16. The van der Waals surface area contributed by atoms with Crippen LogP contribution in [-0.4, -0.2) is 23.5 Å². The standard InChI is InChI=1S/C26H19Cl2N3O4/c1-14-3-12-20(13-21(14)27)31-25(34)22(28)23(26(31)35)29-18-10-6-17(7-11-18)24(33)30-19-8-4-16(5-9-19)15(2)32/h3-13,29H,1-2H3,(H,30,33). The smallest absolute Gasteiger partial charge is 0.283 e. The molecular weight excluding hydrogens is 489 g/mol. The molecule has 1 aliphatic rings. The average Bonchev–Trinajstić information content (AvgIpc) is 3.04. The van der Waals surface area contributed by atoms with Gasteiger partial charge < -0.3 is 10.6 Å². The second-order valence-corrected chi connectivity index (χ2v) is 8.64. The van der Waals surface area contributed by atoms with Crippen molar-refractivity contribution in [3.8, 4) is 0 Å². The molecule has 0 bridgehead atoms. The minimum absolute atomic E-state index is 0.0607. The SMILES string of the molecule is CC(=O)c1ccc(NC(=O)c2ccc(NC3=C(Cl)C(=O)N(c4ccc(C)c(Cl)c4)C3=O)cc2)cc1. The van der Waals surface area contributed by atoms with Crippen LogP contribution in [0.4, 0.5) is 17.1 Å². The van der Waals surface area contributed by atoms with Crippen LogP contribution in [0.1, 0.15) is 33.2 Å². The molecule has 9 heteroatoms. The number of rotatable bonds is 6. The van der Waals surface area contributed by atoms with Crippen LogP contribution >= 0.6 is 23.2 Å². The number of hydrogen-bond donors (Lipinski definition) is 2. The van der Waals surface area contributed by atoms with Crippen LogP contribution in [0.2, 0.25) is 5.02 Å². The highest BCUT2D eigenvalue weighted by molar-refractivity contribution is 6.53. The normalized spacial score (nSPS) is 13.3. The number of Topliss-reactive ketones (excluding diaryl/α,β-unsaturated/α-hetero) is 1. The topological polar surface area (TPSA) is 95.6 Å². The van der Waals surface area contributed by atoms with Crippen LogP contribution in [0.15, 0.2) is 77.5 Å². The van der Waals surface area contributed by atoms with Crippen LogP contribution in [0.3, 0.4) is 0 Å². The molecule has 1 heterocycles. The van der Waals surface area contributed by atoms with Crippen molar-refractivity contribution in [1.29, 1.82) is 0 Å². The van der Waals surface area contributed by atoms with Gasteiger partial charge in [-0.25, -0.2) is 4.90 Å². The number of imide groups is 1. The Labute approximate surface area is 211 Å². The lowest BCUT2D eigenvalue weighted by atomic mass is 10.1. The van der Waals surface area contributed by atoms with E-state index in [1.54, 1.807) is 60.7 Å².